The van der Waals surface area contributed by atoms with Crippen LogP contribution in [0.2, 0.25) is 0 Å². The van der Waals surface area contributed by atoms with Crippen LogP contribution in [-0.4, -0.2) is 82.0 Å². The zero-order valence-corrected chi connectivity index (χ0v) is 34.4. The number of amides is 2. The number of para-hydroxylation sites is 2. The SMILES string of the molecule is CN1/C(=C/C=C/C2=[N+](CC3CC3(C)C(=O)NCCOCCOCCNC(=O)OC[C@@H]3[C@@H]4CC/C=C\CC[C@@H]43)c3ccccc3C2(C)C)C(C)(C)c2ccccc21. The highest BCUT2D eigenvalue weighted by Crippen LogP contribution is 2.54. The lowest BCUT2D eigenvalue weighted by Gasteiger charge is -2.23. The number of anilines is 1. The Morgan fingerprint density at radius 2 is 1.48 bits per heavy atom. The van der Waals surface area contributed by atoms with Crippen molar-refractivity contribution in [1.82, 2.24) is 10.6 Å². The molecule has 0 spiro atoms. The highest BCUT2D eigenvalue weighted by molar-refractivity contribution is 6.03. The minimum Gasteiger partial charge on any atom is -0.449 e. The predicted molar refractivity (Wildman–Crippen MR) is 223 cm³/mol. The molecule has 5 aliphatic rings. The molecule has 2 heterocycles. The zero-order chi connectivity index (χ0) is 39.5. The molecule has 2 aromatic rings. The number of ether oxygens (including phenoxy) is 3. The van der Waals surface area contributed by atoms with Gasteiger partial charge < -0.3 is 29.7 Å². The van der Waals surface area contributed by atoms with Crippen LogP contribution < -0.4 is 15.5 Å². The quantitative estimate of drug-likeness (QED) is 0.103. The molecule has 0 saturated heterocycles. The molecule has 2 saturated carbocycles. The second-order valence-electron chi connectivity index (χ2n) is 17.7. The van der Waals surface area contributed by atoms with Gasteiger partial charge in [0.05, 0.1) is 43.9 Å². The van der Waals surface area contributed by atoms with Crippen molar-refractivity contribution in [3.05, 3.63) is 95.7 Å². The first-order chi connectivity index (χ1) is 26.9. The predicted octanol–water partition coefficient (Wildman–Crippen LogP) is 7.82. The van der Waals surface area contributed by atoms with Crippen molar-refractivity contribution < 1.29 is 28.4 Å². The van der Waals surface area contributed by atoms with E-state index in [0.29, 0.717) is 63.9 Å². The molecule has 2 aromatic carbocycles. The maximum atomic E-state index is 13.4. The van der Waals surface area contributed by atoms with Gasteiger partial charge >= 0.3 is 6.09 Å². The van der Waals surface area contributed by atoms with Crippen molar-refractivity contribution in [2.24, 2.45) is 29.1 Å². The van der Waals surface area contributed by atoms with Crippen LogP contribution in [0.3, 0.4) is 0 Å². The van der Waals surface area contributed by atoms with E-state index in [1.165, 1.54) is 46.8 Å². The number of alkyl carbamates (subject to hydrolysis) is 1. The number of nitrogens with zero attached hydrogens (tertiary/aromatic N) is 2. The number of hydrogen-bond acceptors (Lipinski definition) is 6. The summed E-state index contributed by atoms with van der Waals surface area (Å²) in [5.41, 5.74) is 7.01. The molecule has 0 aromatic heterocycles. The maximum Gasteiger partial charge on any atom is 0.407 e. The molecule has 2 fully saturated rings. The summed E-state index contributed by atoms with van der Waals surface area (Å²) in [5.74, 6) is 2.28. The first kappa shape index (κ1) is 40.0. The number of carbonyl (C=O) groups is 2. The number of nitrogens with one attached hydrogen (secondary N) is 2. The minimum atomic E-state index is -0.412. The number of allylic oxidation sites excluding steroid dienone is 6. The summed E-state index contributed by atoms with van der Waals surface area (Å²) in [6, 6.07) is 17.4. The van der Waals surface area contributed by atoms with Crippen LogP contribution in [0.1, 0.15) is 77.8 Å². The van der Waals surface area contributed by atoms with Crippen LogP contribution in [0, 0.1) is 29.1 Å². The zero-order valence-electron chi connectivity index (χ0n) is 34.4. The summed E-state index contributed by atoms with van der Waals surface area (Å²) in [7, 11) is 2.16. The van der Waals surface area contributed by atoms with Crippen molar-refractivity contribution in [2.75, 3.05) is 64.6 Å². The van der Waals surface area contributed by atoms with Crippen molar-refractivity contribution in [2.45, 2.75) is 77.6 Å². The number of fused-ring (bicyclic) bond motifs is 3. The van der Waals surface area contributed by atoms with Crippen LogP contribution in [-0.2, 0) is 29.8 Å². The smallest absolute Gasteiger partial charge is 0.407 e. The molecule has 56 heavy (non-hydrogen) atoms. The van der Waals surface area contributed by atoms with Gasteiger partial charge in [0.2, 0.25) is 11.6 Å². The Bertz CT molecular complexity index is 1880. The second kappa shape index (κ2) is 16.7. The molecule has 2 unspecified atom stereocenters. The molecule has 3 aliphatic carbocycles. The molecule has 0 bridgehead atoms. The number of benzene rings is 2. The highest BCUT2D eigenvalue weighted by atomic mass is 16.6. The van der Waals surface area contributed by atoms with Crippen LogP contribution in [0.25, 0.3) is 0 Å². The van der Waals surface area contributed by atoms with E-state index in [2.05, 4.69) is 141 Å². The van der Waals surface area contributed by atoms with Gasteiger partial charge in [-0.05, 0) is 81.4 Å². The Morgan fingerprint density at radius 3 is 2.18 bits per heavy atom. The van der Waals surface area contributed by atoms with E-state index < -0.39 is 5.41 Å². The van der Waals surface area contributed by atoms with Gasteiger partial charge in [-0.25, -0.2) is 4.79 Å². The summed E-state index contributed by atoms with van der Waals surface area (Å²) < 4.78 is 19.3. The summed E-state index contributed by atoms with van der Waals surface area (Å²) in [6.07, 6.45) is 16.5. The van der Waals surface area contributed by atoms with Crippen molar-refractivity contribution in [3.8, 4) is 0 Å². The van der Waals surface area contributed by atoms with Crippen LogP contribution >= 0.6 is 0 Å². The van der Waals surface area contributed by atoms with Crippen LogP contribution in [0.5, 0.6) is 0 Å². The first-order valence-electron chi connectivity index (χ1n) is 20.9. The topological polar surface area (TPSA) is 92.1 Å². The number of likely N-dealkylation sites (N-methyl/N-ethyl adjacent to an activating group) is 1. The summed E-state index contributed by atoms with van der Waals surface area (Å²) >= 11 is 0. The van der Waals surface area contributed by atoms with E-state index in [-0.39, 0.29) is 28.7 Å². The monoisotopic (exact) mass is 763 g/mol. The molecular formula is C47H63N4O5+. The summed E-state index contributed by atoms with van der Waals surface area (Å²) in [5, 5.41) is 5.90. The molecule has 2 N–H and O–H groups in total. The van der Waals surface area contributed by atoms with Gasteiger partial charge in [-0.1, -0.05) is 75.4 Å². The fourth-order valence-electron chi connectivity index (χ4n) is 9.74. The van der Waals surface area contributed by atoms with Crippen molar-refractivity contribution in [3.63, 3.8) is 0 Å². The molecule has 2 amide bonds. The summed E-state index contributed by atoms with van der Waals surface area (Å²) in [4.78, 5) is 27.8. The average molecular weight is 764 g/mol. The van der Waals surface area contributed by atoms with Crippen molar-refractivity contribution >= 4 is 29.1 Å². The Hall–Kier alpha value is -4.21. The molecular weight excluding hydrogens is 701 g/mol. The maximum absolute atomic E-state index is 13.4. The van der Waals surface area contributed by atoms with E-state index in [0.717, 1.165) is 25.8 Å². The molecule has 9 nitrogen and oxygen atoms in total. The number of carbonyl (C=O) groups excluding carboxylic acids is 2. The third-order valence-electron chi connectivity index (χ3n) is 13.4. The van der Waals surface area contributed by atoms with Gasteiger partial charge in [0.25, 0.3) is 0 Å². The lowest BCUT2D eigenvalue weighted by molar-refractivity contribution is -0.442. The third-order valence-corrected chi connectivity index (χ3v) is 13.4. The fourth-order valence-corrected chi connectivity index (χ4v) is 9.74. The van der Waals surface area contributed by atoms with E-state index in [4.69, 9.17) is 14.2 Å². The van der Waals surface area contributed by atoms with Gasteiger partial charge in [-0.3, -0.25) is 4.79 Å². The largest absolute Gasteiger partial charge is 0.449 e. The highest BCUT2D eigenvalue weighted by Gasteiger charge is 2.59. The Kier molecular flexibility index (Phi) is 11.9. The van der Waals surface area contributed by atoms with Gasteiger partial charge in [0, 0.05) is 60.6 Å². The average Bonchev–Trinajstić information content (AvgIpc) is 4.00. The Morgan fingerprint density at radius 1 is 0.839 bits per heavy atom. The normalized spacial score (nSPS) is 28.0. The third kappa shape index (κ3) is 8.26. The minimum absolute atomic E-state index is 0.0853. The number of hydrogen-bond donors (Lipinski definition) is 2. The standard InChI is InChI=1S/C47H62N4O5/c1-45(2)37-18-11-13-20-39(37)50(6)41(45)22-15-23-42-46(3,4)38-19-12-14-21-40(38)51(42)31-33-30-47(33,5)43(52)48-24-26-54-28-29-55-27-25-49-44(53)56-32-36-34-16-9-7-8-10-17-35(34)36/h7-8,11-15,18-23,33-36H,9-10,16-17,24-32H2,1-6H3,(H-,48,49,52,53)/p+1/b8-7-/t33?,34-,35+,36-,47?. The van der Waals surface area contributed by atoms with Crippen molar-refractivity contribution in [1.29, 1.82) is 0 Å². The molecule has 0 radical (unpaired) electrons. The molecule has 300 valence electrons. The van der Waals surface area contributed by atoms with Gasteiger partial charge in [-0.15, -0.1) is 0 Å². The van der Waals surface area contributed by atoms with Crippen LogP contribution in [0.15, 0.2) is 84.6 Å². The van der Waals surface area contributed by atoms with Gasteiger partial charge in [0.1, 0.15) is 0 Å². The molecule has 2 aliphatic heterocycles. The summed E-state index contributed by atoms with van der Waals surface area (Å²) in [6.45, 7) is 15.1. The first-order valence-corrected chi connectivity index (χ1v) is 20.9. The fraction of sp³-hybridized carbons (Fsp3) is 0.553. The lowest BCUT2D eigenvalue weighted by Crippen LogP contribution is -2.35. The van der Waals surface area contributed by atoms with E-state index in [1.807, 2.05) is 0 Å². The number of rotatable bonds is 16. The molecule has 7 rings (SSSR count). The Balaban J connectivity index is 0.828. The van der Waals surface area contributed by atoms with E-state index >= 15 is 0 Å². The van der Waals surface area contributed by atoms with Crippen LogP contribution in [0.4, 0.5) is 16.2 Å². The van der Waals surface area contributed by atoms with E-state index in [9.17, 15) is 9.59 Å². The van der Waals surface area contributed by atoms with E-state index in [1.54, 1.807) is 0 Å². The van der Waals surface area contributed by atoms with Gasteiger partial charge in [-0.2, -0.15) is 4.58 Å². The second-order valence-corrected chi connectivity index (χ2v) is 17.7. The molecule has 9 heteroatoms. The van der Waals surface area contributed by atoms with Gasteiger partial charge in [0.15, 0.2) is 12.3 Å². The lowest BCUT2D eigenvalue weighted by atomic mass is 9.81. The Labute approximate surface area is 334 Å². The molecule has 5 atom stereocenters.